The van der Waals surface area contributed by atoms with E-state index in [0.29, 0.717) is 28.5 Å². The minimum absolute atomic E-state index is 0.387. The summed E-state index contributed by atoms with van der Waals surface area (Å²) in [6, 6.07) is 16.6. The molecule has 3 N–H and O–H groups in total. The molecule has 0 atom stereocenters. The van der Waals surface area contributed by atoms with E-state index < -0.39 is 5.91 Å². The van der Waals surface area contributed by atoms with Gasteiger partial charge in [-0.25, -0.2) is 4.98 Å². The maximum absolute atomic E-state index is 11.1. The van der Waals surface area contributed by atoms with Gasteiger partial charge in [0.15, 0.2) is 0 Å². The molecule has 1 aromatic heterocycles. The van der Waals surface area contributed by atoms with Crippen LogP contribution in [-0.2, 0) is 6.61 Å². The summed E-state index contributed by atoms with van der Waals surface area (Å²) in [5, 5.41) is 3.06. The summed E-state index contributed by atoms with van der Waals surface area (Å²) in [6.45, 7) is 0.406. The van der Waals surface area contributed by atoms with Crippen molar-refractivity contribution in [2.45, 2.75) is 6.61 Å². The smallest absolute Gasteiger partial charge is 0.248 e. The number of rotatable bonds is 6. The molecule has 0 unspecified atom stereocenters. The zero-order chi connectivity index (χ0) is 17.6. The van der Waals surface area contributed by atoms with E-state index in [1.807, 2.05) is 30.3 Å². The first-order chi connectivity index (χ1) is 12.1. The summed E-state index contributed by atoms with van der Waals surface area (Å²) >= 11 is 3.39. The number of amides is 1. The van der Waals surface area contributed by atoms with Crippen molar-refractivity contribution in [3.63, 3.8) is 0 Å². The third-order valence-electron chi connectivity index (χ3n) is 3.36. The summed E-state index contributed by atoms with van der Waals surface area (Å²) in [5.41, 5.74) is 7.45. The van der Waals surface area contributed by atoms with Crippen LogP contribution in [0.3, 0.4) is 0 Å². The number of benzene rings is 2. The van der Waals surface area contributed by atoms with E-state index in [2.05, 4.69) is 31.2 Å². The predicted molar refractivity (Wildman–Crippen MR) is 98.7 cm³/mol. The summed E-state index contributed by atoms with van der Waals surface area (Å²) < 4.78 is 6.42. The Morgan fingerprint density at radius 3 is 2.52 bits per heavy atom. The van der Waals surface area contributed by atoms with Crippen LogP contribution in [0.4, 0.5) is 11.6 Å². The lowest BCUT2D eigenvalue weighted by molar-refractivity contribution is 0.100. The number of primary amides is 1. The maximum atomic E-state index is 11.1. The molecule has 6 nitrogen and oxygen atoms in total. The first-order valence-electron chi connectivity index (χ1n) is 7.48. The van der Waals surface area contributed by atoms with Crippen LogP contribution in [0.5, 0.6) is 5.88 Å². The number of carbonyl (C=O) groups excluding carboxylic acids is 1. The highest BCUT2D eigenvalue weighted by atomic mass is 79.9. The van der Waals surface area contributed by atoms with Crippen molar-refractivity contribution in [1.82, 2.24) is 9.97 Å². The fraction of sp³-hybridized carbons (Fsp3) is 0.0556. The van der Waals surface area contributed by atoms with Gasteiger partial charge in [-0.3, -0.25) is 4.79 Å². The SMILES string of the molecule is NC(=O)c1ccc(Nc2ncc(Br)c(OCc3ccccc3)n2)cc1. The maximum Gasteiger partial charge on any atom is 0.248 e. The molecule has 7 heteroatoms. The van der Waals surface area contributed by atoms with Gasteiger partial charge in [0.05, 0.1) is 10.7 Å². The molecule has 0 saturated carbocycles. The molecule has 0 saturated heterocycles. The normalized spacial score (nSPS) is 10.3. The number of hydrogen-bond acceptors (Lipinski definition) is 5. The Morgan fingerprint density at radius 2 is 1.84 bits per heavy atom. The second kappa shape index (κ2) is 7.76. The highest BCUT2D eigenvalue weighted by Crippen LogP contribution is 2.25. The number of carbonyl (C=O) groups is 1. The quantitative estimate of drug-likeness (QED) is 0.660. The van der Waals surface area contributed by atoms with Gasteiger partial charge in [-0.15, -0.1) is 0 Å². The van der Waals surface area contributed by atoms with Crippen molar-refractivity contribution < 1.29 is 9.53 Å². The van der Waals surface area contributed by atoms with E-state index in [1.165, 1.54) is 0 Å². The zero-order valence-corrected chi connectivity index (χ0v) is 14.7. The molecule has 2 aromatic carbocycles. The van der Waals surface area contributed by atoms with Gasteiger partial charge in [-0.05, 0) is 45.8 Å². The van der Waals surface area contributed by atoms with Gasteiger partial charge in [0, 0.05) is 11.3 Å². The molecule has 1 heterocycles. The number of anilines is 2. The van der Waals surface area contributed by atoms with Crippen molar-refractivity contribution in [2.24, 2.45) is 5.73 Å². The van der Waals surface area contributed by atoms with Gasteiger partial charge < -0.3 is 15.8 Å². The molecule has 3 rings (SSSR count). The van der Waals surface area contributed by atoms with Gasteiger partial charge in [0.25, 0.3) is 0 Å². The van der Waals surface area contributed by atoms with Crippen molar-refractivity contribution >= 4 is 33.5 Å². The number of nitrogens with two attached hydrogens (primary N) is 1. The highest BCUT2D eigenvalue weighted by molar-refractivity contribution is 9.10. The third kappa shape index (κ3) is 4.54. The van der Waals surface area contributed by atoms with Crippen molar-refractivity contribution in [3.8, 4) is 5.88 Å². The molecular weight excluding hydrogens is 384 g/mol. The van der Waals surface area contributed by atoms with E-state index in [0.717, 1.165) is 11.3 Å². The van der Waals surface area contributed by atoms with E-state index in [-0.39, 0.29) is 0 Å². The second-order valence-corrected chi connectivity index (χ2v) is 6.04. The molecular formula is C18H15BrN4O2. The molecule has 0 aliphatic rings. The first-order valence-corrected chi connectivity index (χ1v) is 8.27. The lowest BCUT2D eigenvalue weighted by atomic mass is 10.2. The van der Waals surface area contributed by atoms with Crippen LogP contribution in [0.15, 0.2) is 65.3 Å². The van der Waals surface area contributed by atoms with E-state index in [9.17, 15) is 4.79 Å². The fourth-order valence-electron chi connectivity index (χ4n) is 2.09. The molecule has 0 fully saturated rings. The molecule has 126 valence electrons. The summed E-state index contributed by atoms with van der Waals surface area (Å²) in [5.74, 6) is 0.358. The third-order valence-corrected chi connectivity index (χ3v) is 3.90. The summed E-state index contributed by atoms with van der Waals surface area (Å²) in [7, 11) is 0. The van der Waals surface area contributed by atoms with Crippen molar-refractivity contribution in [1.29, 1.82) is 0 Å². The van der Waals surface area contributed by atoms with Crippen molar-refractivity contribution in [2.75, 3.05) is 5.32 Å². The topological polar surface area (TPSA) is 90.1 Å². The first kappa shape index (κ1) is 16.9. The Morgan fingerprint density at radius 1 is 1.12 bits per heavy atom. The molecule has 3 aromatic rings. The average molecular weight is 399 g/mol. The summed E-state index contributed by atoms with van der Waals surface area (Å²) in [4.78, 5) is 19.7. The monoisotopic (exact) mass is 398 g/mol. The van der Waals surface area contributed by atoms with Crippen LogP contribution in [0, 0.1) is 0 Å². The summed E-state index contributed by atoms with van der Waals surface area (Å²) in [6.07, 6.45) is 1.62. The fourth-order valence-corrected chi connectivity index (χ4v) is 2.39. The van der Waals surface area contributed by atoms with Crippen LogP contribution in [0.1, 0.15) is 15.9 Å². The molecule has 25 heavy (non-hydrogen) atoms. The van der Waals surface area contributed by atoms with Gasteiger partial charge in [-0.2, -0.15) is 4.98 Å². The van der Waals surface area contributed by atoms with Crippen LogP contribution in [0.2, 0.25) is 0 Å². The lowest BCUT2D eigenvalue weighted by Crippen LogP contribution is -2.10. The second-order valence-electron chi connectivity index (χ2n) is 5.19. The van der Waals surface area contributed by atoms with Crippen LogP contribution in [0.25, 0.3) is 0 Å². The Labute approximate surface area is 153 Å². The van der Waals surface area contributed by atoms with Gasteiger partial charge in [-0.1, -0.05) is 30.3 Å². The lowest BCUT2D eigenvalue weighted by Gasteiger charge is -2.10. The Kier molecular flexibility index (Phi) is 5.25. The van der Waals surface area contributed by atoms with Gasteiger partial charge >= 0.3 is 0 Å². The van der Waals surface area contributed by atoms with Crippen LogP contribution in [-0.4, -0.2) is 15.9 Å². The number of halogens is 1. The van der Waals surface area contributed by atoms with Crippen LogP contribution >= 0.6 is 15.9 Å². The van der Waals surface area contributed by atoms with Crippen molar-refractivity contribution in [3.05, 3.63) is 76.4 Å². The van der Waals surface area contributed by atoms with Gasteiger partial charge in [0.2, 0.25) is 17.7 Å². The van der Waals surface area contributed by atoms with E-state index in [1.54, 1.807) is 30.5 Å². The zero-order valence-electron chi connectivity index (χ0n) is 13.1. The van der Waals surface area contributed by atoms with Crippen LogP contribution < -0.4 is 15.8 Å². The minimum Gasteiger partial charge on any atom is -0.472 e. The highest BCUT2D eigenvalue weighted by Gasteiger charge is 2.08. The molecule has 0 bridgehead atoms. The van der Waals surface area contributed by atoms with Gasteiger partial charge in [0.1, 0.15) is 6.61 Å². The molecule has 0 radical (unpaired) electrons. The van der Waals surface area contributed by atoms with E-state index in [4.69, 9.17) is 10.5 Å². The number of nitrogens with zero attached hydrogens (tertiary/aromatic N) is 2. The molecule has 0 aliphatic carbocycles. The number of hydrogen-bond donors (Lipinski definition) is 2. The Hall–Kier alpha value is -2.93. The predicted octanol–water partition coefficient (Wildman–Crippen LogP) is 3.66. The van der Waals surface area contributed by atoms with E-state index >= 15 is 0 Å². The number of aromatic nitrogens is 2. The Bertz CT molecular complexity index is 870. The largest absolute Gasteiger partial charge is 0.472 e. The molecule has 0 aliphatic heterocycles. The Balaban J connectivity index is 1.71. The minimum atomic E-state index is -0.469. The average Bonchev–Trinajstić information content (AvgIpc) is 2.63. The number of nitrogens with one attached hydrogen (secondary N) is 1. The number of ether oxygens (including phenoxy) is 1. The standard InChI is InChI=1S/C18H15BrN4O2/c19-15-10-21-18(22-14-8-6-13(7-9-14)16(20)24)23-17(15)25-11-12-4-2-1-3-5-12/h1-10H,11H2,(H2,20,24)(H,21,22,23). The molecule has 0 spiro atoms. The molecule has 1 amide bonds.